The lowest BCUT2D eigenvalue weighted by Gasteiger charge is -2.17. The number of hydrogen-bond donors (Lipinski definition) is 3. The van der Waals surface area contributed by atoms with Crippen LogP contribution in [-0.2, 0) is 4.74 Å². The van der Waals surface area contributed by atoms with E-state index < -0.39 is 12.1 Å². The number of carbonyl (C=O) groups is 2. The minimum absolute atomic E-state index is 0.0415. The first-order valence-corrected chi connectivity index (χ1v) is 10.9. The van der Waals surface area contributed by atoms with Crippen molar-refractivity contribution in [2.75, 3.05) is 12.4 Å². The van der Waals surface area contributed by atoms with Crippen molar-refractivity contribution in [3.05, 3.63) is 69.5 Å². The lowest BCUT2D eigenvalue weighted by Crippen LogP contribution is -2.20. The average molecular weight is 450 g/mol. The lowest BCUT2D eigenvalue weighted by atomic mass is 9.94. The number of aromatic nitrogens is 1. The SMILES string of the molecule is COc1cc(C(=O)O)ccc1C(C)c1cc(=O)c2ccc(NC(=O)OC3CCCC3)cc2[nH]1. The van der Waals surface area contributed by atoms with Gasteiger partial charge >= 0.3 is 12.1 Å². The molecule has 4 rings (SSSR count). The number of nitrogens with one attached hydrogen (secondary N) is 2. The third-order valence-corrected chi connectivity index (χ3v) is 6.09. The Hall–Kier alpha value is -3.81. The highest BCUT2D eigenvalue weighted by Gasteiger charge is 2.20. The van der Waals surface area contributed by atoms with Crippen LogP contribution in [0, 0.1) is 0 Å². The third-order valence-electron chi connectivity index (χ3n) is 6.09. The molecule has 1 aromatic heterocycles. The number of amides is 1. The minimum Gasteiger partial charge on any atom is -0.496 e. The van der Waals surface area contributed by atoms with Crippen molar-refractivity contribution in [2.45, 2.75) is 44.6 Å². The molecule has 1 amide bonds. The number of aromatic amines is 1. The number of carboxylic acid groups (broad SMARTS) is 1. The van der Waals surface area contributed by atoms with Gasteiger partial charge in [-0.05, 0) is 56.0 Å². The molecular formula is C25H26N2O6. The number of carbonyl (C=O) groups excluding carboxylic acids is 1. The standard InChI is InChI=1S/C25H26N2O6/c1-14(18-9-7-15(24(29)30)11-23(18)32-2)20-13-22(28)19-10-8-16(12-21(19)27-20)26-25(31)33-17-5-3-4-6-17/h7-14,17H,3-6H2,1-2H3,(H,26,31)(H,27,28)(H,29,30). The number of fused-ring (bicyclic) bond motifs is 1. The first-order chi connectivity index (χ1) is 15.9. The molecule has 0 saturated heterocycles. The second-order valence-electron chi connectivity index (χ2n) is 8.27. The smallest absolute Gasteiger partial charge is 0.411 e. The zero-order valence-corrected chi connectivity index (χ0v) is 18.5. The number of hydrogen-bond acceptors (Lipinski definition) is 5. The van der Waals surface area contributed by atoms with Crippen molar-refractivity contribution in [2.24, 2.45) is 0 Å². The summed E-state index contributed by atoms with van der Waals surface area (Å²) in [6, 6.07) is 11.2. The van der Waals surface area contributed by atoms with E-state index in [1.165, 1.54) is 25.3 Å². The summed E-state index contributed by atoms with van der Waals surface area (Å²) in [6.45, 7) is 1.90. The molecule has 0 bridgehead atoms. The van der Waals surface area contributed by atoms with Gasteiger partial charge in [-0.1, -0.05) is 13.0 Å². The second kappa shape index (κ2) is 9.36. The maximum Gasteiger partial charge on any atom is 0.411 e. The Balaban J connectivity index is 1.62. The lowest BCUT2D eigenvalue weighted by molar-refractivity contribution is 0.0696. The van der Waals surface area contributed by atoms with Crippen LogP contribution >= 0.6 is 0 Å². The fraction of sp³-hybridized carbons (Fsp3) is 0.320. The molecule has 1 atom stereocenters. The van der Waals surface area contributed by atoms with E-state index in [9.17, 15) is 19.5 Å². The van der Waals surface area contributed by atoms with Crippen LogP contribution < -0.4 is 15.5 Å². The molecular weight excluding hydrogens is 424 g/mol. The monoisotopic (exact) mass is 450 g/mol. The van der Waals surface area contributed by atoms with E-state index in [2.05, 4.69) is 10.3 Å². The predicted molar refractivity (Wildman–Crippen MR) is 124 cm³/mol. The number of benzene rings is 2. The van der Waals surface area contributed by atoms with Crippen LogP contribution in [0.3, 0.4) is 0 Å². The Kier molecular flexibility index (Phi) is 6.35. The first-order valence-electron chi connectivity index (χ1n) is 10.9. The number of aromatic carboxylic acids is 1. The molecule has 33 heavy (non-hydrogen) atoms. The summed E-state index contributed by atoms with van der Waals surface area (Å²) in [6.07, 6.45) is 3.37. The van der Waals surface area contributed by atoms with E-state index in [1.807, 2.05) is 6.92 Å². The number of rotatable bonds is 6. The van der Waals surface area contributed by atoms with E-state index >= 15 is 0 Å². The Labute approximate surface area is 190 Å². The van der Waals surface area contributed by atoms with Gasteiger partial charge in [0.2, 0.25) is 0 Å². The normalized spacial score (nSPS) is 14.7. The molecule has 3 N–H and O–H groups in total. The van der Waals surface area contributed by atoms with Gasteiger partial charge in [0.15, 0.2) is 5.43 Å². The van der Waals surface area contributed by atoms with Crippen molar-refractivity contribution < 1.29 is 24.2 Å². The Morgan fingerprint density at radius 3 is 2.58 bits per heavy atom. The minimum atomic E-state index is -1.04. The van der Waals surface area contributed by atoms with Gasteiger partial charge in [-0.3, -0.25) is 10.1 Å². The van der Waals surface area contributed by atoms with Crippen molar-refractivity contribution in [3.8, 4) is 5.75 Å². The molecule has 0 radical (unpaired) electrons. The van der Waals surface area contributed by atoms with Gasteiger partial charge in [-0.2, -0.15) is 0 Å². The summed E-state index contributed by atoms with van der Waals surface area (Å²) in [5.41, 5.74) is 2.44. The van der Waals surface area contributed by atoms with Gasteiger partial charge in [0, 0.05) is 34.3 Å². The molecule has 8 nitrogen and oxygen atoms in total. The highest BCUT2D eigenvalue weighted by molar-refractivity contribution is 5.90. The van der Waals surface area contributed by atoms with Crippen molar-refractivity contribution in [3.63, 3.8) is 0 Å². The van der Waals surface area contributed by atoms with Gasteiger partial charge in [0.1, 0.15) is 11.9 Å². The largest absolute Gasteiger partial charge is 0.496 e. The van der Waals surface area contributed by atoms with Gasteiger partial charge in [0.05, 0.1) is 18.2 Å². The molecule has 1 unspecified atom stereocenters. The number of ether oxygens (including phenoxy) is 2. The highest BCUT2D eigenvalue weighted by atomic mass is 16.6. The summed E-state index contributed by atoms with van der Waals surface area (Å²) < 4.78 is 10.8. The van der Waals surface area contributed by atoms with E-state index in [0.717, 1.165) is 31.2 Å². The summed E-state index contributed by atoms with van der Waals surface area (Å²) in [4.78, 5) is 39.5. The van der Waals surface area contributed by atoms with E-state index in [0.29, 0.717) is 28.0 Å². The second-order valence-corrected chi connectivity index (χ2v) is 8.27. The fourth-order valence-corrected chi connectivity index (χ4v) is 4.26. The van der Waals surface area contributed by atoms with Crippen LogP contribution in [0.25, 0.3) is 10.9 Å². The molecule has 1 saturated carbocycles. The zero-order chi connectivity index (χ0) is 23.5. The molecule has 1 heterocycles. The van der Waals surface area contributed by atoms with Gasteiger partial charge in [0.25, 0.3) is 0 Å². The van der Waals surface area contributed by atoms with Gasteiger partial charge < -0.3 is 19.6 Å². The zero-order valence-electron chi connectivity index (χ0n) is 18.5. The first kappa shape index (κ1) is 22.4. The van der Waals surface area contributed by atoms with Crippen molar-refractivity contribution in [1.82, 2.24) is 4.98 Å². The van der Waals surface area contributed by atoms with Crippen LogP contribution in [0.2, 0.25) is 0 Å². The predicted octanol–water partition coefficient (Wildman–Crippen LogP) is 4.88. The fourth-order valence-electron chi connectivity index (χ4n) is 4.26. The van der Waals surface area contributed by atoms with E-state index in [4.69, 9.17) is 9.47 Å². The highest BCUT2D eigenvalue weighted by Crippen LogP contribution is 2.32. The van der Waals surface area contributed by atoms with Crippen LogP contribution in [0.1, 0.15) is 60.1 Å². The Bertz CT molecular complexity index is 1260. The van der Waals surface area contributed by atoms with Crippen LogP contribution in [0.5, 0.6) is 5.75 Å². The summed E-state index contributed by atoms with van der Waals surface area (Å²) in [5.74, 6) is -0.893. The summed E-state index contributed by atoms with van der Waals surface area (Å²) in [5, 5.41) is 12.5. The molecule has 8 heteroatoms. The number of pyridine rings is 1. The third kappa shape index (κ3) is 4.84. The van der Waals surface area contributed by atoms with Crippen molar-refractivity contribution >= 4 is 28.7 Å². The average Bonchev–Trinajstić information content (AvgIpc) is 3.30. The number of anilines is 1. The number of carboxylic acids is 1. The Morgan fingerprint density at radius 1 is 1.12 bits per heavy atom. The molecule has 2 aromatic carbocycles. The maximum absolute atomic E-state index is 12.8. The summed E-state index contributed by atoms with van der Waals surface area (Å²) in [7, 11) is 1.48. The van der Waals surface area contributed by atoms with Crippen LogP contribution in [0.4, 0.5) is 10.5 Å². The summed E-state index contributed by atoms with van der Waals surface area (Å²) >= 11 is 0. The van der Waals surface area contributed by atoms with Gasteiger partial charge in [-0.25, -0.2) is 9.59 Å². The molecule has 0 spiro atoms. The molecule has 3 aromatic rings. The van der Waals surface area contributed by atoms with Crippen LogP contribution in [0.15, 0.2) is 47.3 Å². The molecule has 1 fully saturated rings. The molecule has 1 aliphatic rings. The topological polar surface area (TPSA) is 118 Å². The van der Waals surface area contributed by atoms with Gasteiger partial charge in [-0.15, -0.1) is 0 Å². The van der Waals surface area contributed by atoms with E-state index in [1.54, 1.807) is 24.3 Å². The maximum atomic E-state index is 12.8. The van der Waals surface area contributed by atoms with Crippen molar-refractivity contribution in [1.29, 1.82) is 0 Å². The molecule has 1 aliphatic carbocycles. The molecule has 172 valence electrons. The molecule has 0 aliphatic heterocycles. The number of H-pyrrole nitrogens is 1. The quantitative estimate of drug-likeness (QED) is 0.493. The number of methoxy groups -OCH3 is 1. The van der Waals surface area contributed by atoms with Crippen LogP contribution in [-0.4, -0.2) is 35.4 Å². The Morgan fingerprint density at radius 2 is 1.88 bits per heavy atom. The van der Waals surface area contributed by atoms with E-state index in [-0.39, 0.29) is 23.0 Å².